The third kappa shape index (κ3) is 3.44. The maximum atomic E-state index is 13.1. The minimum atomic E-state index is -0.198. The summed E-state index contributed by atoms with van der Waals surface area (Å²) in [5.41, 5.74) is 7.37. The minimum absolute atomic E-state index is 0.0325. The lowest BCUT2D eigenvalue weighted by atomic mass is 9.95. The summed E-state index contributed by atoms with van der Waals surface area (Å²) in [6.45, 7) is 4.06. The van der Waals surface area contributed by atoms with E-state index in [2.05, 4.69) is 36.6 Å². The number of nitrogens with two attached hydrogens (primary N) is 1. The first kappa shape index (κ1) is 14.7. The molecule has 0 fully saturated rings. The molecule has 2 rings (SSSR count). The Labute approximate surface area is 119 Å². The van der Waals surface area contributed by atoms with E-state index in [0.29, 0.717) is 0 Å². The van der Waals surface area contributed by atoms with Crippen LogP contribution in [0.15, 0.2) is 42.5 Å². The van der Waals surface area contributed by atoms with E-state index in [0.717, 1.165) is 29.5 Å². The molecule has 2 nitrogen and oxygen atoms in total. The summed E-state index contributed by atoms with van der Waals surface area (Å²) in [6, 6.07) is 13.4. The van der Waals surface area contributed by atoms with Gasteiger partial charge in [0.05, 0.1) is 0 Å². The van der Waals surface area contributed by atoms with Gasteiger partial charge in [0.15, 0.2) is 0 Å². The van der Waals surface area contributed by atoms with Gasteiger partial charge in [-0.1, -0.05) is 37.3 Å². The molecule has 20 heavy (non-hydrogen) atoms. The van der Waals surface area contributed by atoms with E-state index in [1.54, 1.807) is 6.07 Å². The third-order valence-corrected chi connectivity index (χ3v) is 3.72. The Morgan fingerprint density at radius 1 is 1.15 bits per heavy atom. The molecule has 2 aromatic rings. The van der Waals surface area contributed by atoms with Gasteiger partial charge in [-0.05, 0) is 54.2 Å². The second-order valence-electron chi connectivity index (χ2n) is 5.09. The van der Waals surface area contributed by atoms with Gasteiger partial charge < -0.3 is 0 Å². The minimum Gasteiger partial charge on any atom is -0.271 e. The lowest BCUT2D eigenvalue weighted by Gasteiger charge is -2.18. The molecule has 1 unspecified atom stereocenters. The smallest absolute Gasteiger partial charge is 0.123 e. The first-order chi connectivity index (χ1) is 9.63. The van der Waals surface area contributed by atoms with Crippen LogP contribution in [0.1, 0.15) is 35.2 Å². The molecule has 0 aliphatic carbocycles. The number of halogens is 1. The second kappa shape index (κ2) is 6.64. The van der Waals surface area contributed by atoms with Crippen molar-refractivity contribution in [3.8, 4) is 0 Å². The fraction of sp³-hybridized carbons (Fsp3) is 0.294. The van der Waals surface area contributed by atoms with Crippen LogP contribution >= 0.6 is 0 Å². The Morgan fingerprint density at radius 2 is 1.85 bits per heavy atom. The Balaban J connectivity index is 2.19. The van der Waals surface area contributed by atoms with Gasteiger partial charge in [-0.15, -0.1) is 0 Å². The van der Waals surface area contributed by atoms with Gasteiger partial charge in [-0.25, -0.2) is 4.39 Å². The van der Waals surface area contributed by atoms with Crippen molar-refractivity contribution in [2.24, 2.45) is 5.84 Å². The van der Waals surface area contributed by atoms with Gasteiger partial charge >= 0.3 is 0 Å². The SMILES string of the molecule is CCc1ccc(C(Cc2ccc(F)cc2C)NN)cc1. The van der Waals surface area contributed by atoms with Crippen LogP contribution < -0.4 is 11.3 Å². The summed E-state index contributed by atoms with van der Waals surface area (Å²) >= 11 is 0. The van der Waals surface area contributed by atoms with E-state index < -0.39 is 0 Å². The molecular weight excluding hydrogens is 251 g/mol. The molecule has 3 N–H and O–H groups in total. The molecule has 0 amide bonds. The summed E-state index contributed by atoms with van der Waals surface area (Å²) in [6.07, 6.45) is 1.77. The van der Waals surface area contributed by atoms with Crippen molar-refractivity contribution in [1.82, 2.24) is 5.43 Å². The molecule has 3 heteroatoms. The Hall–Kier alpha value is -1.71. The number of benzene rings is 2. The number of hydrazine groups is 1. The molecule has 0 heterocycles. The second-order valence-corrected chi connectivity index (χ2v) is 5.09. The van der Waals surface area contributed by atoms with Gasteiger partial charge in [-0.2, -0.15) is 0 Å². The maximum Gasteiger partial charge on any atom is 0.123 e. The van der Waals surface area contributed by atoms with Crippen LogP contribution in [-0.2, 0) is 12.8 Å². The van der Waals surface area contributed by atoms with Crippen molar-refractivity contribution in [3.05, 3.63) is 70.5 Å². The molecule has 0 saturated heterocycles. The molecular formula is C17H21FN2. The number of nitrogens with one attached hydrogen (secondary N) is 1. The van der Waals surface area contributed by atoms with Gasteiger partial charge in [0.25, 0.3) is 0 Å². The van der Waals surface area contributed by atoms with E-state index in [1.807, 2.05) is 13.0 Å². The topological polar surface area (TPSA) is 38.0 Å². The molecule has 106 valence electrons. The quantitative estimate of drug-likeness (QED) is 0.646. The van der Waals surface area contributed by atoms with Crippen LogP contribution in [0, 0.1) is 12.7 Å². The predicted octanol–water partition coefficient (Wildman–Crippen LogP) is 3.44. The van der Waals surface area contributed by atoms with Crippen molar-refractivity contribution in [2.75, 3.05) is 0 Å². The average Bonchev–Trinajstić information content (AvgIpc) is 2.47. The van der Waals surface area contributed by atoms with Crippen LogP contribution in [0.4, 0.5) is 4.39 Å². The number of rotatable bonds is 5. The maximum absolute atomic E-state index is 13.1. The van der Waals surface area contributed by atoms with Crippen LogP contribution in [-0.4, -0.2) is 0 Å². The van der Waals surface area contributed by atoms with Crippen LogP contribution in [0.2, 0.25) is 0 Å². The molecule has 0 saturated carbocycles. The first-order valence-corrected chi connectivity index (χ1v) is 6.94. The highest BCUT2D eigenvalue weighted by Crippen LogP contribution is 2.21. The zero-order chi connectivity index (χ0) is 14.5. The predicted molar refractivity (Wildman–Crippen MR) is 80.7 cm³/mol. The first-order valence-electron chi connectivity index (χ1n) is 6.94. The highest BCUT2D eigenvalue weighted by Gasteiger charge is 2.12. The van der Waals surface area contributed by atoms with Crippen LogP contribution in [0.25, 0.3) is 0 Å². The monoisotopic (exact) mass is 272 g/mol. The molecule has 2 aromatic carbocycles. The summed E-state index contributed by atoms with van der Waals surface area (Å²) in [5.74, 6) is 5.48. The lowest BCUT2D eigenvalue weighted by Crippen LogP contribution is -2.29. The molecule has 0 aromatic heterocycles. The van der Waals surface area contributed by atoms with Crippen molar-refractivity contribution in [2.45, 2.75) is 32.7 Å². The third-order valence-electron chi connectivity index (χ3n) is 3.72. The number of hydrogen-bond acceptors (Lipinski definition) is 2. The zero-order valence-corrected chi connectivity index (χ0v) is 12.0. The summed E-state index contributed by atoms with van der Waals surface area (Å²) < 4.78 is 13.1. The van der Waals surface area contributed by atoms with Crippen LogP contribution in [0.3, 0.4) is 0 Å². The molecule has 0 spiro atoms. The van der Waals surface area contributed by atoms with E-state index in [1.165, 1.54) is 11.6 Å². The normalized spacial score (nSPS) is 12.4. The highest BCUT2D eigenvalue weighted by molar-refractivity contribution is 5.31. The standard InChI is InChI=1S/C17H21FN2/c1-3-13-4-6-14(7-5-13)17(20-19)11-15-8-9-16(18)10-12(15)2/h4-10,17,20H,3,11,19H2,1-2H3. The fourth-order valence-corrected chi connectivity index (χ4v) is 2.37. The van der Waals surface area contributed by atoms with Crippen LogP contribution in [0.5, 0.6) is 0 Å². The highest BCUT2D eigenvalue weighted by atomic mass is 19.1. The summed E-state index contributed by atoms with van der Waals surface area (Å²) in [7, 11) is 0. The largest absolute Gasteiger partial charge is 0.271 e. The van der Waals surface area contributed by atoms with E-state index in [4.69, 9.17) is 5.84 Å². The van der Waals surface area contributed by atoms with Gasteiger partial charge in [-0.3, -0.25) is 11.3 Å². The molecule has 0 aliphatic rings. The number of aryl methyl sites for hydroxylation is 2. The van der Waals surface area contributed by atoms with Crippen molar-refractivity contribution < 1.29 is 4.39 Å². The lowest BCUT2D eigenvalue weighted by molar-refractivity contribution is 0.549. The summed E-state index contributed by atoms with van der Waals surface area (Å²) in [4.78, 5) is 0. The van der Waals surface area contributed by atoms with Crippen molar-refractivity contribution >= 4 is 0 Å². The van der Waals surface area contributed by atoms with Gasteiger partial charge in [0.2, 0.25) is 0 Å². The zero-order valence-electron chi connectivity index (χ0n) is 12.0. The van der Waals surface area contributed by atoms with Gasteiger partial charge in [0.1, 0.15) is 5.82 Å². The van der Waals surface area contributed by atoms with E-state index in [-0.39, 0.29) is 11.9 Å². The number of hydrogen-bond donors (Lipinski definition) is 2. The van der Waals surface area contributed by atoms with Crippen molar-refractivity contribution in [3.63, 3.8) is 0 Å². The Morgan fingerprint density at radius 3 is 2.40 bits per heavy atom. The fourth-order valence-electron chi connectivity index (χ4n) is 2.37. The molecule has 0 bridgehead atoms. The van der Waals surface area contributed by atoms with E-state index in [9.17, 15) is 4.39 Å². The van der Waals surface area contributed by atoms with Gasteiger partial charge in [0, 0.05) is 6.04 Å². The molecule has 0 aliphatic heterocycles. The Kier molecular flexibility index (Phi) is 4.88. The Bertz CT molecular complexity index is 564. The molecule has 0 radical (unpaired) electrons. The molecule has 1 atom stereocenters. The summed E-state index contributed by atoms with van der Waals surface area (Å²) in [5, 5.41) is 0. The van der Waals surface area contributed by atoms with E-state index >= 15 is 0 Å². The average molecular weight is 272 g/mol. The van der Waals surface area contributed by atoms with Crippen molar-refractivity contribution in [1.29, 1.82) is 0 Å².